The highest BCUT2D eigenvalue weighted by atomic mass is 16.2. The van der Waals surface area contributed by atoms with Gasteiger partial charge in [-0.3, -0.25) is 9.59 Å². The number of carbonyl (C=O) groups excluding carboxylic acids is 2. The zero-order chi connectivity index (χ0) is 14.5. The maximum Gasteiger partial charge on any atom is 0.245 e. The maximum absolute atomic E-state index is 12.5. The Labute approximate surface area is 121 Å². The Kier molecular flexibility index (Phi) is 5.40. The first-order valence-corrected chi connectivity index (χ1v) is 7.86. The Morgan fingerprint density at radius 3 is 2.55 bits per heavy atom. The van der Waals surface area contributed by atoms with Crippen molar-refractivity contribution < 1.29 is 9.59 Å². The average molecular weight is 281 g/mol. The van der Waals surface area contributed by atoms with Gasteiger partial charge in [0.1, 0.15) is 6.04 Å². The topological polar surface area (TPSA) is 52.7 Å². The molecule has 0 radical (unpaired) electrons. The number of hydrogen-bond donors (Lipinski definition) is 1. The fourth-order valence-corrected chi connectivity index (χ4v) is 3.12. The Balaban J connectivity index is 1.94. The zero-order valence-corrected chi connectivity index (χ0v) is 12.7. The van der Waals surface area contributed by atoms with Gasteiger partial charge >= 0.3 is 0 Å². The lowest BCUT2D eigenvalue weighted by Gasteiger charge is -2.33. The van der Waals surface area contributed by atoms with E-state index in [4.69, 9.17) is 0 Å². The molecular weight excluding hydrogens is 254 g/mol. The molecule has 2 rings (SSSR count). The first-order chi connectivity index (χ1) is 9.60. The van der Waals surface area contributed by atoms with Gasteiger partial charge in [0.05, 0.1) is 0 Å². The van der Waals surface area contributed by atoms with Crippen molar-refractivity contribution in [2.45, 2.75) is 45.1 Å². The number of nitrogens with zero attached hydrogens (tertiary/aromatic N) is 2. The van der Waals surface area contributed by atoms with Gasteiger partial charge in [0.25, 0.3) is 0 Å². The molecule has 114 valence electrons. The smallest absolute Gasteiger partial charge is 0.245 e. The van der Waals surface area contributed by atoms with E-state index in [0.29, 0.717) is 18.9 Å². The van der Waals surface area contributed by atoms with Gasteiger partial charge in [0.15, 0.2) is 0 Å². The molecule has 2 heterocycles. The summed E-state index contributed by atoms with van der Waals surface area (Å²) >= 11 is 0. The van der Waals surface area contributed by atoms with Gasteiger partial charge in [-0.25, -0.2) is 0 Å². The number of amides is 2. The molecule has 0 aromatic carbocycles. The lowest BCUT2D eigenvalue weighted by atomic mass is 9.96. The second kappa shape index (κ2) is 7.07. The summed E-state index contributed by atoms with van der Waals surface area (Å²) in [5, 5.41) is 2.87. The van der Waals surface area contributed by atoms with Crippen LogP contribution < -0.4 is 5.32 Å². The molecule has 0 aromatic rings. The minimum Gasteiger partial charge on any atom is -0.344 e. The van der Waals surface area contributed by atoms with E-state index in [1.165, 1.54) is 0 Å². The van der Waals surface area contributed by atoms with Crippen LogP contribution in [0.15, 0.2) is 0 Å². The summed E-state index contributed by atoms with van der Waals surface area (Å²) in [7, 11) is 2.15. The predicted molar refractivity (Wildman–Crippen MR) is 78.3 cm³/mol. The average Bonchev–Trinajstić information content (AvgIpc) is 2.55. The molecule has 5 nitrogen and oxygen atoms in total. The van der Waals surface area contributed by atoms with Crippen LogP contribution >= 0.6 is 0 Å². The third-order valence-electron chi connectivity index (χ3n) is 4.45. The summed E-state index contributed by atoms with van der Waals surface area (Å²) in [6.45, 7) is 5.68. The number of hydrogen-bond acceptors (Lipinski definition) is 3. The molecule has 0 bridgehead atoms. The Morgan fingerprint density at radius 2 is 1.90 bits per heavy atom. The van der Waals surface area contributed by atoms with Crippen LogP contribution in [0.2, 0.25) is 0 Å². The van der Waals surface area contributed by atoms with Crippen LogP contribution in [0.4, 0.5) is 0 Å². The van der Waals surface area contributed by atoms with Gasteiger partial charge in [-0.2, -0.15) is 0 Å². The van der Waals surface area contributed by atoms with Crippen molar-refractivity contribution in [2.75, 3.05) is 33.2 Å². The molecule has 0 aliphatic carbocycles. The third-order valence-corrected chi connectivity index (χ3v) is 4.45. The van der Waals surface area contributed by atoms with Crippen molar-refractivity contribution in [3.05, 3.63) is 0 Å². The van der Waals surface area contributed by atoms with E-state index in [0.717, 1.165) is 45.3 Å². The van der Waals surface area contributed by atoms with E-state index in [2.05, 4.69) is 17.3 Å². The van der Waals surface area contributed by atoms with Crippen molar-refractivity contribution in [1.82, 2.24) is 15.1 Å². The molecule has 1 N–H and O–H groups in total. The summed E-state index contributed by atoms with van der Waals surface area (Å²) < 4.78 is 0. The molecule has 0 spiro atoms. The van der Waals surface area contributed by atoms with Gasteiger partial charge in [0, 0.05) is 19.5 Å². The van der Waals surface area contributed by atoms with Crippen molar-refractivity contribution in [2.24, 2.45) is 5.92 Å². The molecule has 1 unspecified atom stereocenters. The number of carbonyl (C=O) groups is 2. The normalized spacial score (nSPS) is 26.5. The van der Waals surface area contributed by atoms with Gasteiger partial charge in [-0.1, -0.05) is 13.3 Å². The van der Waals surface area contributed by atoms with Crippen molar-refractivity contribution in [1.29, 1.82) is 0 Å². The summed E-state index contributed by atoms with van der Waals surface area (Å²) in [5.74, 6) is 0.727. The van der Waals surface area contributed by atoms with Crippen LogP contribution in [0.3, 0.4) is 0 Å². The Morgan fingerprint density at radius 1 is 1.20 bits per heavy atom. The summed E-state index contributed by atoms with van der Waals surface area (Å²) in [6.07, 6.45) is 4.41. The quantitative estimate of drug-likeness (QED) is 0.831. The van der Waals surface area contributed by atoms with Crippen LogP contribution in [0, 0.1) is 5.92 Å². The molecule has 2 aliphatic rings. The van der Waals surface area contributed by atoms with Gasteiger partial charge < -0.3 is 15.1 Å². The van der Waals surface area contributed by atoms with Crippen LogP contribution in [0.25, 0.3) is 0 Å². The highest BCUT2D eigenvalue weighted by molar-refractivity contribution is 5.89. The molecule has 2 saturated heterocycles. The largest absolute Gasteiger partial charge is 0.344 e. The van der Waals surface area contributed by atoms with Gasteiger partial charge in [-0.15, -0.1) is 0 Å². The molecule has 0 aromatic heterocycles. The summed E-state index contributed by atoms with van der Waals surface area (Å²) in [4.78, 5) is 28.5. The van der Waals surface area contributed by atoms with Crippen LogP contribution in [-0.4, -0.2) is 60.9 Å². The lowest BCUT2D eigenvalue weighted by Crippen LogP contribution is -2.46. The van der Waals surface area contributed by atoms with E-state index in [1.54, 1.807) is 0 Å². The van der Waals surface area contributed by atoms with Crippen molar-refractivity contribution in [3.8, 4) is 0 Å². The van der Waals surface area contributed by atoms with Crippen molar-refractivity contribution >= 4 is 11.8 Å². The fraction of sp³-hybridized carbons (Fsp3) is 0.867. The second-order valence-electron chi connectivity index (χ2n) is 6.19. The molecular formula is C15H27N3O2. The first-order valence-electron chi connectivity index (χ1n) is 7.86. The summed E-state index contributed by atoms with van der Waals surface area (Å²) in [6, 6.07) is -0.304. The monoisotopic (exact) mass is 281 g/mol. The summed E-state index contributed by atoms with van der Waals surface area (Å²) in [5.41, 5.74) is 0. The molecule has 2 aliphatic heterocycles. The van der Waals surface area contributed by atoms with E-state index in [9.17, 15) is 9.59 Å². The third kappa shape index (κ3) is 3.95. The van der Waals surface area contributed by atoms with E-state index < -0.39 is 0 Å². The minimum atomic E-state index is -0.304. The first kappa shape index (κ1) is 15.3. The number of piperidine rings is 1. The molecule has 5 heteroatoms. The van der Waals surface area contributed by atoms with E-state index in [-0.39, 0.29) is 17.9 Å². The number of likely N-dealkylation sites (tertiary alicyclic amines) is 1. The zero-order valence-electron chi connectivity index (χ0n) is 12.7. The fourth-order valence-electron chi connectivity index (χ4n) is 3.12. The maximum atomic E-state index is 12.5. The molecule has 1 atom stereocenters. The highest BCUT2D eigenvalue weighted by Crippen LogP contribution is 2.19. The molecule has 20 heavy (non-hydrogen) atoms. The van der Waals surface area contributed by atoms with E-state index in [1.807, 2.05) is 11.8 Å². The standard InChI is InChI=1S/C15H27N3O2/c1-3-4-13-15(20)18(10-7-14(19)16-13)11-12-5-8-17(2)9-6-12/h12-13H,3-11H2,1-2H3,(H,16,19). The SMILES string of the molecule is CCCC1NC(=O)CCN(CC2CCN(C)CC2)C1=O. The van der Waals surface area contributed by atoms with Gasteiger partial charge in [-0.05, 0) is 45.3 Å². The number of nitrogens with one attached hydrogen (secondary N) is 1. The van der Waals surface area contributed by atoms with E-state index >= 15 is 0 Å². The molecule has 0 saturated carbocycles. The Bertz CT molecular complexity index is 351. The minimum absolute atomic E-state index is 0.0164. The van der Waals surface area contributed by atoms with Gasteiger partial charge in [0.2, 0.25) is 11.8 Å². The molecule has 2 amide bonds. The van der Waals surface area contributed by atoms with Crippen LogP contribution in [-0.2, 0) is 9.59 Å². The van der Waals surface area contributed by atoms with Crippen LogP contribution in [0.1, 0.15) is 39.0 Å². The lowest BCUT2D eigenvalue weighted by molar-refractivity contribution is -0.134. The van der Waals surface area contributed by atoms with Crippen molar-refractivity contribution in [3.63, 3.8) is 0 Å². The predicted octanol–water partition coefficient (Wildman–Crippen LogP) is 0.845. The molecule has 2 fully saturated rings. The number of rotatable bonds is 4. The highest BCUT2D eigenvalue weighted by Gasteiger charge is 2.31. The Hall–Kier alpha value is -1.10. The second-order valence-corrected chi connectivity index (χ2v) is 6.19. The van der Waals surface area contributed by atoms with Crippen LogP contribution in [0.5, 0.6) is 0 Å².